The van der Waals surface area contributed by atoms with Crippen molar-refractivity contribution in [3.05, 3.63) is 40.3 Å². The van der Waals surface area contributed by atoms with E-state index in [0.717, 1.165) is 5.69 Å². The third kappa shape index (κ3) is 5.18. The van der Waals surface area contributed by atoms with Gasteiger partial charge in [-0.15, -0.1) is 11.3 Å². The maximum atomic E-state index is 12.5. The summed E-state index contributed by atoms with van der Waals surface area (Å²) in [6.45, 7) is 2.71. The fraction of sp³-hybridized carbons (Fsp3) is 0.353. The molecule has 0 atom stereocenters. The van der Waals surface area contributed by atoms with Crippen molar-refractivity contribution in [2.75, 3.05) is 20.2 Å². The van der Waals surface area contributed by atoms with Gasteiger partial charge < -0.3 is 19.5 Å². The summed E-state index contributed by atoms with van der Waals surface area (Å²) < 4.78 is 11.0. The van der Waals surface area contributed by atoms with E-state index >= 15 is 0 Å². The fourth-order valence-corrected chi connectivity index (χ4v) is 2.74. The Bertz CT molecular complexity index is 718. The monoisotopic (exact) mass is 364 g/mol. The lowest BCUT2D eigenvalue weighted by Gasteiger charge is -2.20. The molecule has 0 aliphatic heterocycles. The van der Waals surface area contributed by atoms with E-state index in [4.69, 9.17) is 14.6 Å². The van der Waals surface area contributed by atoms with Crippen LogP contribution < -0.4 is 9.47 Å². The first-order valence-corrected chi connectivity index (χ1v) is 8.68. The smallest absolute Gasteiger partial charge is 0.305 e. The van der Waals surface area contributed by atoms with Crippen LogP contribution in [0.1, 0.15) is 29.4 Å². The van der Waals surface area contributed by atoms with E-state index in [0.29, 0.717) is 30.2 Å². The lowest BCUT2D eigenvalue weighted by Crippen LogP contribution is -2.32. The summed E-state index contributed by atoms with van der Waals surface area (Å²) >= 11 is 1.49. The molecule has 0 radical (unpaired) electrons. The number of nitrogens with zero attached hydrogens (tertiary/aromatic N) is 2. The summed E-state index contributed by atoms with van der Waals surface area (Å²) in [5, 5.41) is 10.7. The molecule has 0 aliphatic carbocycles. The minimum atomic E-state index is -0.936. The zero-order valence-electron chi connectivity index (χ0n) is 14.1. The molecule has 0 aliphatic rings. The molecule has 1 N–H and O–H groups in total. The van der Waals surface area contributed by atoms with E-state index in [2.05, 4.69) is 4.98 Å². The van der Waals surface area contributed by atoms with Crippen molar-refractivity contribution >= 4 is 23.2 Å². The van der Waals surface area contributed by atoms with Gasteiger partial charge in [0.2, 0.25) is 0 Å². The largest absolute Gasteiger partial charge is 0.493 e. The summed E-state index contributed by atoms with van der Waals surface area (Å²) in [6.07, 6.45) is -0.0917. The van der Waals surface area contributed by atoms with Gasteiger partial charge in [0.15, 0.2) is 11.5 Å². The molecule has 1 heterocycles. The first-order valence-electron chi connectivity index (χ1n) is 7.74. The lowest BCUT2D eigenvalue weighted by molar-refractivity contribution is -0.137. The Morgan fingerprint density at radius 2 is 2.12 bits per heavy atom. The number of thiazole rings is 1. The quantitative estimate of drug-likeness (QED) is 0.736. The van der Waals surface area contributed by atoms with Crippen LogP contribution in [0.25, 0.3) is 0 Å². The highest BCUT2D eigenvalue weighted by Crippen LogP contribution is 2.29. The van der Waals surface area contributed by atoms with Gasteiger partial charge in [0, 0.05) is 24.0 Å². The van der Waals surface area contributed by atoms with Crippen LogP contribution >= 0.6 is 11.3 Å². The van der Waals surface area contributed by atoms with Crippen LogP contribution in [-0.4, -0.2) is 47.1 Å². The summed E-state index contributed by atoms with van der Waals surface area (Å²) in [5.74, 6) is -0.223. The average Bonchev–Trinajstić information content (AvgIpc) is 3.13. The Hall–Kier alpha value is -2.61. The van der Waals surface area contributed by atoms with Gasteiger partial charge in [0.1, 0.15) is 6.61 Å². The number of carbonyl (C=O) groups is 2. The predicted octanol–water partition coefficient (Wildman–Crippen LogP) is 2.67. The first-order chi connectivity index (χ1) is 12.0. The number of aliphatic carboxylic acids is 1. The maximum absolute atomic E-state index is 12.5. The molecule has 0 saturated heterocycles. The molecule has 7 nitrogen and oxygen atoms in total. The summed E-state index contributed by atoms with van der Waals surface area (Å²) in [6, 6.07) is 4.91. The second-order valence-electron chi connectivity index (χ2n) is 5.16. The Morgan fingerprint density at radius 1 is 1.32 bits per heavy atom. The van der Waals surface area contributed by atoms with E-state index < -0.39 is 5.97 Å². The van der Waals surface area contributed by atoms with E-state index in [-0.39, 0.29) is 18.9 Å². The Labute approximate surface area is 149 Å². The maximum Gasteiger partial charge on any atom is 0.305 e. The number of amides is 1. The molecule has 0 spiro atoms. The Balaban J connectivity index is 2.10. The van der Waals surface area contributed by atoms with Gasteiger partial charge in [0.25, 0.3) is 5.91 Å². The van der Waals surface area contributed by atoms with Crippen LogP contribution in [0.15, 0.2) is 29.1 Å². The number of methoxy groups -OCH3 is 1. The van der Waals surface area contributed by atoms with Gasteiger partial charge in [0.05, 0.1) is 24.7 Å². The number of hydrogen-bond donors (Lipinski definition) is 1. The molecule has 0 bridgehead atoms. The van der Waals surface area contributed by atoms with E-state index in [9.17, 15) is 9.59 Å². The van der Waals surface area contributed by atoms with Crippen LogP contribution in [0.3, 0.4) is 0 Å². The van der Waals surface area contributed by atoms with Crippen molar-refractivity contribution < 1.29 is 24.2 Å². The highest BCUT2D eigenvalue weighted by atomic mass is 32.1. The summed E-state index contributed by atoms with van der Waals surface area (Å²) in [7, 11) is 1.50. The fourth-order valence-electron chi connectivity index (χ4n) is 2.20. The summed E-state index contributed by atoms with van der Waals surface area (Å²) in [4.78, 5) is 28.9. The number of aromatic nitrogens is 1. The number of ether oxygens (including phenoxy) is 2. The summed E-state index contributed by atoms with van der Waals surface area (Å²) in [5.41, 5.74) is 2.97. The molecule has 2 rings (SSSR count). The second kappa shape index (κ2) is 9.03. The number of carboxylic acids is 1. The second-order valence-corrected chi connectivity index (χ2v) is 5.88. The molecule has 0 saturated carbocycles. The zero-order chi connectivity index (χ0) is 18.2. The average molecular weight is 364 g/mol. The van der Waals surface area contributed by atoms with Crippen LogP contribution in [0, 0.1) is 0 Å². The molecule has 0 unspecified atom stereocenters. The van der Waals surface area contributed by atoms with E-state index in [1.807, 2.05) is 12.3 Å². The van der Waals surface area contributed by atoms with Gasteiger partial charge in [-0.3, -0.25) is 9.59 Å². The van der Waals surface area contributed by atoms with Crippen molar-refractivity contribution in [1.29, 1.82) is 0 Å². The van der Waals surface area contributed by atoms with Crippen LogP contribution in [0.2, 0.25) is 0 Å². The number of carbonyl (C=O) groups excluding carboxylic acids is 1. The highest BCUT2D eigenvalue weighted by molar-refractivity contribution is 7.07. The lowest BCUT2D eigenvalue weighted by atomic mass is 10.1. The van der Waals surface area contributed by atoms with Gasteiger partial charge in [-0.25, -0.2) is 4.98 Å². The molecule has 25 heavy (non-hydrogen) atoms. The van der Waals surface area contributed by atoms with Crippen LogP contribution in [0.5, 0.6) is 11.5 Å². The van der Waals surface area contributed by atoms with Crippen molar-refractivity contribution in [3.8, 4) is 11.5 Å². The third-order valence-corrected chi connectivity index (χ3v) is 4.17. The predicted molar refractivity (Wildman–Crippen MR) is 93.3 cm³/mol. The molecule has 0 fully saturated rings. The minimum absolute atomic E-state index is 0.0917. The number of carboxylic acid groups (broad SMARTS) is 1. The van der Waals surface area contributed by atoms with Gasteiger partial charge in [-0.1, -0.05) is 0 Å². The Morgan fingerprint density at radius 3 is 2.72 bits per heavy atom. The molecule has 134 valence electrons. The van der Waals surface area contributed by atoms with E-state index in [1.54, 1.807) is 23.7 Å². The zero-order valence-corrected chi connectivity index (χ0v) is 14.9. The Kier molecular flexibility index (Phi) is 6.76. The molecule has 1 aromatic heterocycles. The van der Waals surface area contributed by atoms with Crippen molar-refractivity contribution in [2.45, 2.75) is 20.0 Å². The SMILES string of the molecule is CCN(CCC(=O)O)C(=O)c1ccc(OCc2cscn2)c(OC)c1. The van der Waals surface area contributed by atoms with Crippen molar-refractivity contribution in [3.63, 3.8) is 0 Å². The minimum Gasteiger partial charge on any atom is -0.493 e. The first kappa shape index (κ1) is 18.7. The van der Waals surface area contributed by atoms with Crippen LogP contribution in [-0.2, 0) is 11.4 Å². The molecular formula is C17H20N2O5S. The normalized spacial score (nSPS) is 10.3. The van der Waals surface area contributed by atoms with Crippen molar-refractivity contribution in [1.82, 2.24) is 9.88 Å². The number of benzene rings is 1. The third-order valence-electron chi connectivity index (χ3n) is 3.53. The topological polar surface area (TPSA) is 89.0 Å². The van der Waals surface area contributed by atoms with Gasteiger partial charge in [-0.2, -0.15) is 0 Å². The molecular weight excluding hydrogens is 344 g/mol. The van der Waals surface area contributed by atoms with Gasteiger partial charge >= 0.3 is 5.97 Å². The number of rotatable bonds is 9. The molecule has 1 amide bonds. The standard InChI is InChI=1S/C17H20N2O5S/c1-3-19(7-6-16(20)21)17(22)12-4-5-14(15(8-12)23-2)24-9-13-10-25-11-18-13/h4-5,8,10-11H,3,6-7,9H2,1-2H3,(H,20,21). The highest BCUT2D eigenvalue weighted by Gasteiger charge is 2.17. The van der Waals surface area contributed by atoms with Gasteiger partial charge in [-0.05, 0) is 25.1 Å². The molecule has 1 aromatic carbocycles. The molecule has 8 heteroatoms. The van der Waals surface area contributed by atoms with E-state index in [1.165, 1.54) is 23.3 Å². The number of hydrogen-bond acceptors (Lipinski definition) is 6. The van der Waals surface area contributed by atoms with Crippen LogP contribution in [0.4, 0.5) is 0 Å². The van der Waals surface area contributed by atoms with Crippen molar-refractivity contribution in [2.24, 2.45) is 0 Å². The molecule has 2 aromatic rings.